The van der Waals surface area contributed by atoms with Crippen LogP contribution in [0, 0.1) is 11.6 Å². The number of benzene rings is 2. The van der Waals surface area contributed by atoms with Crippen molar-refractivity contribution in [1.29, 1.82) is 0 Å². The van der Waals surface area contributed by atoms with Crippen molar-refractivity contribution in [2.24, 2.45) is 0 Å². The lowest BCUT2D eigenvalue weighted by molar-refractivity contribution is -0.137. The molecule has 1 N–H and O–H groups in total. The Hall–Kier alpha value is -3.30. The van der Waals surface area contributed by atoms with Crippen LogP contribution in [0.1, 0.15) is 16.1 Å². The minimum atomic E-state index is -4.64. The first-order chi connectivity index (χ1) is 12.2. The summed E-state index contributed by atoms with van der Waals surface area (Å²) in [5.74, 6) is -3.54. The van der Waals surface area contributed by atoms with Crippen molar-refractivity contribution >= 4 is 5.97 Å². The molecule has 3 rings (SSSR count). The number of hydrogen-bond acceptors (Lipinski definition) is 3. The SMILES string of the molecule is O=C(O)c1nnn(-c2cccc(C(F)(F)F)c2)c1-c1cc(F)cc(F)c1. The van der Waals surface area contributed by atoms with Crippen LogP contribution in [-0.2, 0) is 6.18 Å². The molecular weight excluding hydrogens is 361 g/mol. The Morgan fingerprint density at radius 3 is 2.27 bits per heavy atom. The molecule has 0 amide bonds. The third-order valence-corrected chi connectivity index (χ3v) is 3.43. The van der Waals surface area contributed by atoms with Gasteiger partial charge in [-0.25, -0.2) is 18.3 Å². The highest BCUT2D eigenvalue weighted by atomic mass is 19.4. The van der Waals surface area contributed by atoms with Crippen LogP contribution in [0.5, 0.6) is 0 Å². The highest BCUT2D eigenvalue weighted by Crippen LogP contribution is 2.32. The summed E-state index contributed by atoms with van der Waals surface area (Å²) in [6.07, 6.45) is -4.64. The van der Waals surface area contributed by atoms with E-state index in [1.807, 2.05) is 0 Å². The van der Waals surface area contributed by atoms with E-state index in [4.69, 9.17) is 0 Å². The molecule has 26 heavy (non-hydrogen) atoms. The van der Waals surface area contributed by atoms with Crippen molar-refractivity contribution < 1.29 is 31.9 Å². The third-order valence-electron chi connectivity index (χ3n) is 3.43. The topological polar surface area (TPSA) is 68.0 Å². The van der Waals surface area contributed by atoms with Gasteiger partial charge in [0, 0.05) is 11.6 Å². The highest BCUT2D eigenvalue weighted by molar-refractivity contribution is 5.93. The Bertz CT molecular complexity index is 978. The normalized spacial score (nSPS) is 11.6. The molecule has 0 unspecified atom stereocenters. The van der Waals surface area contributed by atoms with E-state index < -0.39 is 35.0 Å². The van der Waals surface area contributed by atoms with Gasteiger partial charge in [0.15, 0.2) is 5.69 Å². The third kappa shape index (κ3) is 3.25. The predicted molar refractivity (Wildman–Crippen MR) is 78.7 cm³/mol. The Labute approximate surface area is 142 Å². The van der Waals surface area contributed by atoms with Crippen LogP contribution in [0.3, 0.4) is 0 Å². The van der Waals surface area contributed by atoms with Gasteiger partial charge in [-0.1, -0.05) is 11.3 Å². The van der Waals surface area contributed by atoms with Gasteiger partial charge < -0.3 is 5.11 Å². The molecule has 2 aromatic carbocycles. The number of nitrogens with zero attached hydrogens (tertiary/aromatic N) is 3. The van der Waals surface area contributed by atoms with E-state index in [1.54, 1.807) is 0 Å². The Morgan fingerprint density at radius 1 is 1.04 bits per heavy atom. The number of carbonyl (C=O) groups is 1. The minimum absolute atomic E-state index is 0.167. The molecule has 0 atom stereocenters. The Kier molecular flexibility index (Phi) is 4.18. The lowest BCUT2D eigenvalue weighted by Gasteiger charge is -2.11. The fourth-order valence-electron chi connectivity index (χ4n) is 2.37. The van der Waals surface area contributed by atoms with E-state index >= 15 is 0 Å². The van der Waals surface area contributed by atoms with Crippen molar-refractivity contribution in [3.8, 4) is 16.9 Å². The van der Waals surface area contributed by atoms with E-state index in [9.17, 15) is 31.9 Å². The second-order valence-electron chi connectivity index (χ2n) is 5.21. The van der Waals surface area contributed by atoms with Crippen LogP contribution in [0.15, 0.2) is 42.5 Å². The molecule has 1 heterocycles. The van der Waals surface area contributed by atoms with Crippen molar-refractivity contribution in [2.45, 2.75) is 6.18 Å². The molecule has 0 aliphatic heterocycles. The zero-order valence-corrected chi connectivity index (χ0v) is 12.6. The van der Waals surface area contributed by atoms with Gasteiger partial charge in [-0.15, -0.1) is 5.10 Å². The lowest BCUT2D eigenvalue weighted by Crippen LogP contribution is -2.08. The van der Waals surface area contributed by atoms with Crippen molar-refractivity contribution in [2.75, 3.05) is 0 Å². The minimum Gasteiger partial charge on any atom is -0.476 e. The molecule has 0 saturated carbocycles. The molecule has 10 heteroatoms. The summed E-state index contributed by atoms with van der Waals surface area (Å²) in [4.78, 5) is 11.4. The summed E-state index contributed by atoms with van der Waals surface area (Å²) in [6.45, 7) is 0. The van der Waals surface area contributed by atoms with Crippen LogP contribution in [-0.4, -0.2) is 26.1 Å². The number of carboxylic acid groups (broad SMARTS) is 1. The van der Waals surface area contributed by atoms with Crippen LogP contribution < -0.4 is 0 Å². The quantitative estimate of drug-likeness (QED) is 0.711. The van der Waals surface area contributed by atoms with Crippen molar-refractivity contribution in [3.63, 3.8) is 0 Å². The second kappa shape index (κ2) is 6.21. The molecule has 0 radical (unpaired) electrons. The number of hydrogen-bond donors (Lipinski definition) is 1. The molecule has 3 aromatic rings. The second-order valence-corrected chi connectivity index (χ2v) is 5.21. The fourth-order valence-corrected chi connectivity index (χ4v) is 2.37. The monoisotopic (exact) mass is 369 g/mol. The first-order valence-corrected chi connectivity index (χ1v) is 7.00. The van der Waals surface area contributed by atoms with Gasteiger partial charge >= 0.3 is 12.1 Å². The van der Waals surface area contributed by atoms with Gasteiger partial charge in [0.2, 0.25) is 0 Å². The van der Waals surface area contributed by atoms with Gasteiger partial charge in [0.25, 0.3) is 0 Å². The van der Waals surface area contributed by atoms with Crippen LogP contribution in [0.25, 0.3) is 16.9 Å². The Morgan fingerprint density at radius 2 is 1.69 bits per heavy atom. The highest BCUT2D eigenvalue weighted by Gasteiger charge is 2.31. The molecule has 0 bridgehead atoms. The van der Waals surface area contributed by atoms with Gasteiger partial charge in [-0.2, -0.15) is 13.2 Å². The fraction of sp³-hybridized carbons (Fsp3) is 0.0625. The van der Waals surface area contributed by atoms with E-state index in [1.165, 1.54) is 6.07 Å². The number of rotatable bonds is 3. The van der Waals surface area contributed by atoms with Crippen LogP contribution >= 0.6 is 0 Å². The summed E-state index contributed by atoms with van der Waals surface area (Å²) >= 11 is 0. The van der Waals surface area contributed by atoms with E-state index in [0.29, 0.717) is 6.07 Å². The van der Waals surface area contributed by atoms with Gasteiger partial charge in [0.05, 0.1) is 11.3 Å². The van der Waals surface area contributed by atoms with E-state index in [2.05, 4.69) is 10.3 Å². The molecule has 1 aromatic heterocycles. The largest absolute Gasteiger partial charge is 0.476 e. The average Bonchev–Trinajstić information content (AvgIpc) is 2.98. The molecule has 0 aliphatic carbocycles. The summed E-state index contributed by atoms with van der Waals surface area (Å²) in [5.41, 5.74) is -2.41. The lowest BCUT2D eigenvalue weighted by atomic mass is 10.1. The zero-order valence-electron chi connectivity index (χ0n) is 12.6. The molecular formula is C16H8F5N3O2. The van der Waals surface area contributed by atoms with Crippen molar-refractivity contribution in [1.82, 2.24) is 15.0 Å². The van der Waals surface area contributed by atoms with Gasteiger partial charge in [-0.3, -0.25) is 0 Å². The zero-order chi connectivity index (χ0) is 19.1. The molecule has 134 valence electrons. The molecule has 0 aliphatic rings. The van der Waals surface area contributed by atoms with Crippen LogP contribution in [0.2, 0.25) is 0 Å². The molecule has 0 spiro atoms. The standard InChI is InChI=1S/C16H8F5N3O2/c17-10-4-8(5-11(18)7-10)14-13(15(25)26)22-23-24(14)12-3-1-2-9(6-12)16(19,20)21/h1-7H,(H,25,26). The van der Waals surface area contributed by atoms with Crippen LogP contribution in [0.4, 0.5) is 22.0 Å². The number of halogens is 5. The van der Waals surface area contributed by atoms with E-state index in [-0.39, 0.29) is 16.9 Å². The number of aromatic carboxylic acids is 1. The van der Waals surface area contributed by atoms with Crippen molar-refractivity contribution in [3.05, 3.63) is 65.4 Å². The molecule has 0 fully saturated rings. The average molecular weight is 369 g/mol. The summed E-state index contributed by atoms with van der Waals surface area (Å²) < 4.78 is 66.5. The summed E-state index contributed by atoms with van der Waals surface area (Å²) in [5, 5.41) is 16.2. The summed E-state index contributed by atoms with van der Waals surface area (Å²) in [7, 11) is 0. The first kappa shape index (κ1) is 17.5. The number of aromatic nitrogens is 3. The number of alkyl halides is 3. The Balaban J connectivity index is 2.26. The first-order valence-electron chi connectivity index (χ1n) is 7.00. The molecule has 5 nitrogen and oxygen atoms in total. The maximum Gasteiger partial charge on any atom is 0.416 e. The van der Waals surface area contributed by atoms with E-state index in [0.717, 1.165) is 35.0 Å². The van der Waals surface area contributed by atoms with Gasteiger partial charge in [0.1, 0.15) is 17.3 Å². The maximum absolute atomic E-state index is 13.5. The smallest absolute Gasteiger partial charge is 0.416 e. The summed E-state index contributed by atoms with van der Waals surface area (Å²) in [6, 6.07) is 6.10. The number of carboxylic acids is 1. The predicted octanol–water partition coefficient (Wildman–Crippen LogP) is 3.93. The maximum atomic E-state index is 13.5. The van der Waals surface area contributed by atoms with Gasteiger partial charge in [-0.05, 0) is 30.3 Å². The molecule has 0 saturated heterocycles.